The highest BCUT2D eigenvalue weighted by molar-refractivity contribution is 5.80. The van der Waals surface area contributed by atoms with Gasteiger partial charge in [-0.3, -0.25) is 4.79 Å². The monoisotopic (exact) mass is 558 g/mol. The van der Waals surface area contributed by atoms with Crippen molar-refractivity contribution in [3.8, 4) is 0 Å². The Bertz CT molecular complexity index is 1450. The maximum atomic E-state index is 12.0. The van der Waals surface area contributed by atoms with Crippen molar-refractivity contribution in [2.75, 3.05) is 13.2 Å². The number of nitrogens with zero attached hydrogens (tertiary/aromatic N) is 2. The maximum Gasteiger partial charge on any atom is 0.325 e. The third kappa shape index (κ3) is 7.29. The molecule has 2 heterocycles. The molecule has 1 aliphatic heterocycles. The first kappa shape index (κ1) is 28.3. The number of ether oxygens (including phenoxy) is 3. The molecular weight excluding hydrogens is 524 g/mol. The molecule has 5 rings (SSSR count). The van der Waals surface area contributed by atoms with Crippen LogP contribution in [0.15, 0.2) is 79.1 Å². The van der Waals surface area contributed by atoms with Crippen LogP contribution in [-0.4, -0.2) is 45.9 Å². The second kappa shape index (κ2) is 13.4. The van der Waals surface area contributed by atoms with Gasteiger partial charge >= 0.3 is 12.0 Å². The lowest BCUT2D eigenvalue weighted by atomic mass is 10.00. The Labute approximate surface area is 238 Å². The van der Waals surface area contributed by atoms with Crippen molar-refractivity contribution in [2.45, 2.75) is 51.5 Å². The van der Waals surface area contributed by atoms with Crippen LogP contribution >= 0.6 is 0 Å². The Morgan fingerprint density at radius 1 is 0.976 bits per heavy atom. The Morgan fingerprint density at radius 3 is 2.46 bits per heavy atom. The number of aliphatic hydroxyl groups is 1. The standard InChI is InChI=1S/C31H34N4O6/c1-2-39-29(37)17-33-31(38)32-16-21-7-13-24(14-8-21)30-40-25(18-35-20-34-26-5-3-4-6-27(26)35)15-28(41-30)23-11-9-22(19-36)10-12-23/h3-14,20,25,28,30,36H,2,15-19H2,1H3,(H2,32,33,38)/t25-,28+,30+/m0/s1. The van der Waals surface area contributed by atoms with Crippen molar-refractivity contribution in [1.82, 2.24) is 20.2 Å². The van der Waals surface area contributed by atoms with E-state index in [9.17, 15) is 14.7 Å². The van der Waals surface area contributed by atoms with E-state index in [1.54, 1.807) is 6.92 Å². The summed E-state index contributed by atoms with van der Waals surface area (Å²) in [6.45, 7) is 2.69. The van der Waals surface area contributed by atoms with Gasteiger partial charge in [0.25, 0.3) is 0 Å². The minimum absolute atomic E-state index is 0.0118. The number of hydrogen-bond donors (Lipinski definition) is 3. The minimum Gasteiger partial charge on any atom is -0.465 e. The van der Waals surface area contributed by atoms with E-state index in [2.05, 4.69) is 20.2 Å². The molecule has 0 saturated carbocycles. The van der Waals surface area contributed by atoms with Crippen LogP contribution < -0.4 is 10.6 Å². The fourth-order valence-corrected chi connectivity index (χ4v) is 4.81. The summed E-state index contributed by atoms with van der Waals surface area (Å²) in [6, 6.07) is 23.0. The number of imidazole rings is 1. The fourth-order valence-electron chi connectivity index (χ4n) is 4.81. The number of hydrogen-bond acceptors (Lipinski definition) is 7. The lowest BCUT2D eigenvalue weighted by molar-refractivity contribution is -0.252. The molecule has 1 aliphatic rings. The number of carbonyl (C=O) groups is 2. The first-order chi connectivity index (χ1) is 20.0. The van der Waals surface area contributed by atoms with E-state index in [1.165, 1.54) is 0 Å². The first-order valence-electron chi connectivity index (χ1n) is 13.7. The molecule has 0 spiro atoms. The molecular formula is C31H34N4O6. The van der Waals surface area contributed by atoms with Gasteiger partial charge in [0.05, 0.1) is 49.3 Å². The van der Waals surface area contributed by atoms with Gasteiger partial charge in [0.2, 0.25) is 0 Å². The average Bonchev–Trinajstić information content (AvgIpc) is 3.42. The van der Waals surface area contributed by atoms with E-state index in [0.29, 0.717) is 13.0 Å². The van der Waals surface area contributed by atoms with Crippen molar-refractivity contribution in [3.63, 3.8) is 0 Å². The molecule has 4 aromatic rings. The third-order valence-corrected chi connectivity index (χ3v) is 6.95. The number of benzene rings is 3. The van der Waals surface area contributed by atoms with E-state index in [1.807, 2.05) is 79.1 Å². The number of nitrogens with one attached hydrogen (secondary N) is 2. The molecule has 214 valence electrons. The molecule has 0 unspecified atom stereocenters. The minimum atomic E-state index is -0.596. The van der Waals surface area contributed by atoms with Gasteiger partial charge in [-0.2, -0.15) is 0 Å². The summed E-state index contributed by atoms with van der Waals surface area (Å²) in [4.78, 5) is 27.9. The molecule has 1 fully saturated rings. The van der Waals surface area contributed by atoms with Crippen molar-refractivity contribution in [1.29, 1.82) is 0 Å². The number of rotatable bonds is 10. The highest BCUT2D eigenvalue weighted by Gasteiger charge is 2.32. The van der Waals surface area contributed by atoms with Gasteiger partial charge in [0.1, 0.15) is 6.54 Å². The summed E-state index contributed by atoms with van der Waals surface area (Å²) in [7, 11) is 0. The Balaban J connectivity index is 1.27. The molecule has 0 bridgehead atoms. The van der Waals surface area contributed by atoms with E-state index in [-0.39, 0.29) is 38.5 Å². The van der Waals surface area contributed by atoms with Crippen LogP contribution in [0.2, 0.25) is 0 Å². The molecule has 1 aromatic heterocycles. The SMILES string of the molecule is CCOC(=O)CNC(=O)NCc1ccc([C@@H]2O[C@H](Cn3cnc4ccccc43)C[C@H](c3ccc(CO)cc3)O2)cc1. The highest BCUT2D eigenvalue weighted by Crippen LogP contribution is 2.38. The Hall–Kier alpha value is -4.25. The zero-order chi connectivity index (χ0) is 28.6. The average molecular weight is 559 g/mol. The summed E-state index contributed by atoms with van der Waals surface area (Å²) in [5, 5.41) is 14.7. The molecule has 1 saturated heterocycles. The van der Waals surface area contributed by atoms with Crippen LogP contribution in [0.4, 0.5) is 4.79 Å². The summed E-state index contributed by atoms with van der Waals surface area (Å²) in [6.07, 6.45) is 1.56. The van der Waals surface area contributed by atoms with Crippen LogP contribution in [-0.2, 0) is 38.7 Å². The van der Waals surface area contributed by atoms with E-state index in [4.69, 9.17) is 14.2 Å². The molecule has 3 aromatic carbocycles. The largest absolute Gasteiger partial charge is 0.465 e. The normalized spacial score (nSPS) is 18.6. The number of fused-ring (bicyclic) bond motifs is 1. The van der Waals surface area contributed by atoms with Crippen molar-refractivity contribution in [3.05, 3.63) is 101 Å². The third-order valence-electron chi connectivity index (χ3n) is 6.95. The van der Waals surface area contributed by atoms with Crippen LogP contribution in [0.5, 0.6) is 0 Å². The molecule has 0 aliphatic carbocycles. The van der Waals surface area contributed by atoms with Gasteiger partial charge in [-0.25, -0.2) is 9.78 Å². The van der Waals surface area contributed by atoms with Gasteiger partial charge in [-0.1, -0.05) is 60.7 Å². The molecule has 0 radical (unpaired) electrons. The van der Waals surface area contributed by atoms with Gasteiger partial charge in [-0.15, -0.1) is 0 Å². The number of esters is 1. The van der Waals surface area contributed by atoms with Crippen molar-refractivity contribution >= 4 is 23.0 Å². The number of amides is 2. The molecule has 10 nitrogen and oxygen atoms in total. The first-order valence-corrected chi connectivity index (χ1v) is 13.7. The zero-order valence-electron chi connectivity index (χ0n) is 22.9. The topological polar surface area (TPSA) is 124 Å². The molecule has 2 amide bonds. The number of urea groups is 1. The van der Waals surface area contributed by atoms with Gasteiger partial charge < -0.3 is 34.5 Å². The quantitative estimate of drug-likeness (QED) is 0.250. The zero-order valence-corrected chi connectivity index (χ0v) is 22.9. The lowest BCUT2D eigenvalue weighted by Crippen LogP contribution is -2.38. The van der Waals surface area contributed by atoms with Crippen LogP contribution in [0.25, 0.3) is 11.0 Å². The number of carbonyl (C=O) groups excluding carboxylic acids is 2. The number of aromatic nitrogens is 2. The summed E-state index contributed by atoms with van der Waals surface area (Å²) in [5.74, 6) is -0.485. The van der Waals surface area contributed by atoms with Gasteiger partial charge in [-0.05, 0) is 35.7 Å². The Kier molecular flexibility index (Phi) is 9.25. The summed E-state index contributed by atoms with van der Waals surface area (Å²) < 4.78 is 19.8. The van der Waals surface area contributed by atoms with Crippen molar-refractivity contribution in [2.24, 2.45) is 0 Å². The predicted molar refractivity (Wildman–Crippen MR) is 151 cm³/mol. The molecule has 3 atom stereocenters. The smallest absolute Gasteiger partial charge is 0.325 e. The van der Waals surface area contributed by atoms with Crippen LogP contribution in [0.1, 0.15) is 48.0 Å². The second-order valence-electron chi connectivity index (χ2n) is 9.82. The van der Waals surface area contributed by atoms with Crippen LogP contribution in [0.3, 0.4) is 0 Å². The molecule has 3 N–H and O–H groups in total. The van der Waals surface area contributed by atoms with Gasteiger partial charge in [0, 0.05) is 18.5 Å². The van der Waals surface area contributed by atoms with E-state index in [0.717, 1.165) is 33.3 Å². The van der Waals surface area contributed by atoms with Crippen molar-refractivity contribution < 1.29 is 28.9 Å². The second-order valence-corrected chi connectivity index (χ2v) is 9.82. The van der Waals surface area contributed by atoms with Gasteiger partial charge in [0.15, 0.2) is 6.29 Å². The highest BCUT2D eigenvalue weighted by atomic mass is 16.7. The maximum absolute atomic E-state index is 12.0. The number of aliphatic hydroxyl groups excluding tert-OH is 1. The predicted octanol–water partition coefficient (Wildman–Crippen LogP) is 4.14. The molecule has 10 heteroatoms. The lowest BCUT2D eigenvalue weighted by Gasteiger charge is -2.36. The van der Waals surface area contributed by atoms with Crippen LogP contribution in [0, 0.1) is 0 Å². The molecule has 41 heavy (non-hydrogen) atoms. The van der Waals surface area contributed by atoms with E-state index >= 15 is 0 Å². The Morgan fingerprint density at radius 2 is 1.71 bits per heavy atom. The van der Waals surface area contributed by atoms with E-state index < -0.39 is 18.3 Å². The summed E-state index contributed by atoms with van der Waals surface area (Å²) in [5.41, 5.74) is 5.59. The summed E-state index contributed by atoms with van der Waals surface area (Å²) >= 11 is 0. The number of para-hydroxylation sites is 2. The fraction of sp³-hybridized carbons (Fsp3) is 0.323.